The van der Waals surface area contributed by atoms with Crippen LogP contribution >= 0.6 is 11.3 Å². The molecule has 0 saturated carbocycles. The van der Waals surface area contributed by atoms with Gasteiger partial charge in [0.2, 0.25) is 0 Å². The third-order valence-corrected chi connectivity index (χ3v) is 5.18. The molecule has 114 valence electrons. The predicted octanol–water partition coefficient (Wildman–Crippen LogP) is 4.11. The van der Waals surface area contributed by atoms with E-state index in [4.69, 9.17) is 0 Å². The molecule has 1 aliphatic rings. The summed E-state index contributed by atoms with van der Waals surface area (Å²) in [6, 6.07) is 5.50. The number of hydrogen-bond donors (Lipinski definition) is 1. The van der Waals surface area contributed by atoms with Gasteiger partial charge in [-0.25, -0.2) is 9.37 Å². The summed E-state index contributed by atoms with van der Waals surface area (Å²) in [6.45, 7) is 5.63. The lowest BCUT2D eigenvalue weighted by Gasteiger charge is -2.33. The van der Waals surface area contributed by atoms with Crippen molar-refractivity contribution in [3.63, 3.8) is 0 Å². The maximum atomic E-state index is 13.1. The first-order chi connectivity index (χ1) is 10.2. The fraction of sp³-hybridized carbons (Fsp3) is 0.562. The molecule has 21 heavy (non-hydrogen) atoms. The van der Waals surface area contributed by atoms with Crippen LogP contribution in [0, 0.1) is 5.82 Å². The highest BCUT2D eigenvalue weighted by Crippen LogP contribution is 2.26. The zero-order valence-corrected chi connectivity index (χ0v) is 13.3. The van der Waals surface area contributed by atoms with Crippen molar-refractivity contribution in [3.05, 3.63) is 24.0 Å². The molecule has 1 saturated heterocycles. The van der Waals surface area contributed by atoms with Crippen LogP contribution in [0.1, 0.15) is 32.6 Å². The van der Waals surface area contributed by atoms with E-state index in [-0.39, 0.29) is 5.82 Å². The molecule has 1 aromatic heterocycles. The van der Waals surface area contributed by atoms with Crippen LogP contribution in [0.5, 0.6) is 0 Å². The quantitative estimate of drug-likeness (QED) is 0.843. The van der Waals surface area contributed by atoms with Crippen molar-refractivity contribution in [2.24, 2.45) is 0 Å². The van der Waals surface area contributed by atoms with Gasteiger partial charge in [0.1, 0.15) is 5.82 Å². The highest BCUT2D eigenvalue weighted by atomic mass is 32.1. The first-order valence-corrected chi connectivity index (χ1v) is 8.58. The van der Waals surface area contributed by atoms with Crippen LogP contribution in [0.4, 0.5) is 9.52 Å². The number of aromatic nitrogens is 1. The van der Waals surface area contributed by atoms with Gasteiger partial charge in [-0.05, 0) is 44.9 Å². The van der Waals surface area contributed by atoms with Crippen LogP contribution in [0.3, 0.4) is 0 Å². The van der Waals surface area contributed by atoms with E-state index in [1.807, 2.05) is 0 Å². The summed E-state index contributed by atoms with van der Waals surface area (Å²) in [5.41, 5.74) is 0.743. The minimum absolute atomic E-state index is 0.224. The number of rotatable bonds is 5. The first-order valence-electron chi connectivity index (χ1n) is 7.76. The van der Waals surface area contributed by atoms with Crippen LogP contribution in [0.25, 0.3) is 10.2 Å². The number of fused-ring (bicyclic) bond motifs is 1. The lowest BCUT2D eigenvalue weighted by molar-refractivity contribution is 0.160. The summed E-state index contributed by atoms with van der Waals surface area (Å²) in [7, 11) is 0. The van der Waals surface area contributed by atoms with Gasteiger partial charge < -0.3 is 10.2 Å². The molecule has 5 heteroatoms. The third-order valence-electron chi connectivity index (χ3n) is 4.19. The lowest BCUT2D eigenvalue weighted by Crippen LogP contribution is -2.38. The minimum atomic E-state index is -0.224. The van der Waals surface area contributed by atoms with E-state index in [1.54, 1.807) is 17.4 Å². The Balaban J connectivity index is 1.48. The van der Waals surface area contributed by atoms with Gasteiger partial charge in [0, 0.05) is 25.2 Å². The molecule has 0 radical (unpaired) electrons. The van der Waals surface area contributed by atoms with Gasteiger partial charge in [-0.3, -0.25) is 0 Å². The Kier molecular flexibility index (Phi) is 4.70. The Morgan fingerprint density at radius 3 is 3.19 bits per heavy atom. The van der Waals surface area contributed by atoms with Crippen LogP contribution < -0.4 is 5.32 Å². The minimum Gasteiger partial charge on any atom is -0.361 e. The largest absolute Gasteiger partial charge is 0.361 e. The van der Waals surface area contributed by atoms with Gasteiger partial charge >= 0.3 is 0 Å². The Bertz CT molecular complexity index is 598. The Morgan fingerprint density at radius 2 is 2.33 bits per heavy atom. The molecule has 1 N–H and O–H groups in total. The Morgan fingerprint density at radius 1 is 1.43 bits per heavy atom. The maximum Gasteiger partial charge on any atom is 0.183 e. The summed E-state index contributed by atoms with van der Waals surface area (Å²) in [6.07, 6.45) is 5.16. The molecule has 0 amide bonds. The fourth-order valence-electron chi connectivity index (χ4n) is 2.94. The van der Waals surface area contributed by atoms with E-state index in [0.717, 1.165) is 40.9 Å². The van der Waals surface area contributed by atoms with E-state index in [1.165, 1.54) is 37.9 Å². The maximum absolute atomic E-state index is 13.1. The average Bonchev–Trinajstić information content (AvgIpc) is 2.87. The lowest BCUT2D eigenvalue weighted by atomic mass is 10.0. The van der Waals surface area contributed by atoms with E-state index in [0.29, 0.717) is 0 Å². The topological polar surface area (TPSA) is 28.2 Å². The van der Waals surface area contributed by atoms with Gasteiger partial charge in [-0.15, -0.1) is 0 Å². The second-order valence-electron chi connectivity index (χ2n) is 5.79. The van der Waals surface area contributed by atoms with Crippen LogP contribution in [-0.2, 0) is 0 Å². The molecule has 2 aromatic rings. The molecule has 0 spiro atoms. The molecule has 3 nitrogen and oxygen atoms in total. The number of piperidine rings is 1. The van der Waals surface area contributed by atoms with Gasteiger partial charge in [0.15, 0.2) is 5.13 Å². The molecule has 0 bridgehead atoms. The zero-order chi connectivity index (χ0) is 14.7. The number of anilines is 1. The van der Waals surface area contributed by atoms with Crippen molar-refractivity contribution >= 4 is 26.7 Å². The average molecular weight is 307 g/mol. The van der Waals surface area contributed by atoms with Gasteiger partial charge in [-0.2, -0.15) is 0 Å². The summed E-state index contributed by atoms with van der Waals surface area (Å²) < 4.78 is 14.2. The molecule has 1 aliphatic heterocycles. The van der Waals surface area contributed by atoms with Crippen molar-refractivity contribution < 1.29 is 4.39 Å². The number of nitrogens with one attached hydrogen (secondary N) is 1. The number of thiazole rings is 1. The molecular formula is C16H22FN3S. The van der Waals surface area contributed by atoms with Crippen LogP contribution in [0.15, 0.2) is 18.2 Å². The zero-order valence-electron chi connectivity index (χ0n) is 12.4. The van der Waals surface area contributed by atoms with E-state index >= 15 is 0 Å². The molecule has 1 unspecified atom stereocenters. The number of halogens is 1. The molecular weight excluding hydrogens is 285 g/mol. The Labute approximate surface area is 129 Å². The second-order valence-corrected chi connectivity index (χ2v) is 6.82. The van der Waals surface area contributed by atoms with Crippen molar-refractivity contribution in [2.75, 3.05) is 25.0 Å². The van der Waals surface area contributed by atoms with Crippen LogP contribution in [0.2, 0.25) is 0 Å². The molecule has 2 heterocycles. The van der Waals surface area contributed by atoms with E-state index in [9.17, 15) is 4.39 Å². The van der Waals surface area contributed by atoms with Crippen molar-refractivity contribution in [1.82, 2.24) is 9.88 Å². The predicted molar refractivity (Wildman–Crippen MR) is 87.6 cm³/mol. The van der Waals surface area contributed by atoms with Gasteiger partial charge in [0.05, 0.1) is 10.2 Å². The van der Waals surface area contributed by atoms with E-state index < -0.39 is 0 Å². The number of hydrogen-bond acceptors (Lipinski definition) is 4. The van der Waals surface area contributed by atoms with Gasteiger partial charge in [0.25, 0.3) is 0 Å². The SMILES string of the molecule is CC1CCCCN1CCCNc1nc2cc(F)ccc2s1. The van der Waals surface area contributed by atoms with E-state index in [2.05, 4.69) is 22.1 Å². The standard InChI is InChI=1S/C16H22FN3S/c1-12-5-2-3-9-20(12)10-4-8-18-16-19-14-11-13(17)6-7-15(14)21-16/h6-7,11-12H,2-5,8-10H2,1H3,(H,18,19). The monoisotopic (exact) mass is 307 g/mol. The molecule has 1 fully saturated rings. The summed E-state index contributed by atoms with van der Waals surface area (Å²) in [5, 5.41) is 4.26. The Hall–Kier alpha value is -1.20. The summed E-state index contributed by atoms with van der Waals surface area (Å²) in [4.78, 5) is 7.01. The van der Waals surface area contributed by atoms with Crippen molar-refractivity contribution in [2.45, 2.75) is 38.6 Å². The number of nitrogens with zero attached hydrogens (tertiary/aromatic N) is 2. The second kappa shape index (κ2) is 6.71. The van der Waals surface area contributed by atoms with Crippen molar-refractivity contribution in [3.8, 4) is 0 Å². The molecule has 1 aromatic carbocycles. The fourth-order valence-corrected chi connectivity index (χ4v) is 3.82. The van der Waals surface area contributed by atoms with Crippen LogP contribution in [-0.4, -0.2) is 35.6 Å². The highest BCUT2D eigenvalue weighted by molar-refractivity contribution is 7.22. The number of benzene rings is 1. The third kappa shape index (κ3) is 3.71. The highest BCUT2D eigenvalue weighted by Gasteiger charge is 2.17. The molecule has 1 atom stereocenters. The van der Waals surface area contributed by atoms with Crippen molar-refractivity contribution in [1.29, 1.82) is 0 Å². The summed E-state index contributed by atoms with van der Waals surface area (Å²) >= 11 is 1.59. The normalized spacial score (nSPS) is 20.0. The number of likely N-dealkylation sites (tertiary alicyclic amines) is 1. The molecule has 0 aliphatic carbocycles. The first kappa shape index (κ1) is 14.7. The smallest absolute Gasteiger partial charge is 0.183 e. The molecule has 3 rings (SSSR count). The summed E-state index contributed by atoms with van der Waals surface area (Å²) in [5.74, 6) is -0.224. The van der Waals surface area contributed by atoms with Gasteiger partial charge in [-0.1, -0.05) is 17.8 Å².